The molecule has 1 aliphatic heterocycles. The molecule has 1 heterocycles. The van der Waals surface area contributed by atoms with E-state index in [2.05, 4.69) is 58.4 Å². The molecule has 1 atom stereocenters. The lowest BCUT2D eigenvalue weighted by Crippen LogP contribution is -2.37. The largest absolute Gasteiger partial charge is 0.481 e. The first-order chi connectivity index (χ1) is 11.1. The Kier molecular flexibility index (Phi) is 4.71. The van der Waals surface area contributed by atoms with Crippen molar-refractivity contribution in [3.8, 4) is 0 Å². The molecule has 0 amide bonds. The lowest BCUT2D eigenvalue weighted by atomic mass is 10.1. The van der Waals surface area contributed by atoms with Crippen LogP contribution in [0.15, 0.2) is 47.6 Å². The summed E-state index contributed by atoms with van der Waals surface area (Å²) in [6.07, 6.45) is 1.63. The number of fused-ring (bicyclic) bond motifs is 1. The predicted molar refractivity (Wildman–Crippen MR) is 94.6 cm³/mol. The topological polar surface area (TPSA) is 64.9 Å². The van der Waals surface area contributed by atoms with Crippen molar-refractivity contribution in [2.75, 3.05) is 6.54 Å². The zero-order chi connectivity index (χ0) is 16.2. The van der Waals surface area contributed by atoms with Crippen LogP contribution in [0.1, 0.15) is 24.8 Å². The maximum Gasteiger partial charge on any atom is 0.303 e. The summed E-state index contributed by atoms with van der Waals surface area (Å²) >= 11 is 4.50. The summed E-state index contributed by atoms with van der Waals surface area (Å²) in [7, 11) is 0. The van der Waals surface area contributed by atoms with Crippen molar-refractivity contribution in [1.82, 2.24) is 10.3 Å². The fourth-order valence-corrected chi connectivity index (χ4v) is 3.00. The Morgan fingerprint density at radius 2 is 2.00 bits per heavy atom. The lowest BCUT2D eigenvalue weighted by Gasteiger charge is -2.24. The van der Waals surface area contributed by atoms with Gasteiger partial charge in [-0.2, -0.15) is 5.10 Å². The number of hydrogen-bond acceptors (Lipinski definition) is 5. The molecular formula is C17H19N3O2S. The minimum atomic E-state index is -0.754. The number of amidine groups is 1. The van der Waals surface area contributed by atoms with E-state index in [0.29, 0.717) is 6.42 Å². The monoisotopic (exact) mass is 329 g/mol. The lowest BCUT2D eigenvalue weighted by molar-refractivity contribution is -0.137. The summed E-state index contributed by atoms with van der Waals surface area (Å²) in [6, 6.07) is 14.5. The summed E-state index contributed by atoms with van der Waals surface area (Å²) in [6.45, 7) is 0.722. The van der Waals surface area contributed by atoms with Gasteiger partial charge in [0.25, 0.3) is 0 Å². The molecule has 5 nitrogen and oxygen atoms in total. The number of unbranched alkanes of at least 4 members (excludes halogenated alkanes) is 1. The van der Waals surface area contributed by atoms with Crippen molar-refractivity contribution >= 4 is 35.2 Å². The van der Waals surface area contributed by atoms with Crippen LogP contribution < -0.4 is 5.43 Å². The van der Waals surface area contributed by atoms with Gasteiger partial charge in [-0.05, 0) is 29.7 Å². The Hall–Kier alpha value is -2.21. The maximum atomic E-state index is 10.6. The van der Waals surface area contributed by atoms with Crippen LogP contribution in [-0.4, -0.2) is 33.9 Å². The van der Waals surface area contributed by atoms with Crippen molar-refractivity contribution in [2.24, 2.45) is 5.10 Å². The van der Waals surface area contributed by atoms with E-state index in [9.17, 15) is 4.79 Å². The van der Waals surface area contributed by atoms with E-state index in [4.69, 9.17) is 5.11 Å². The van der Waals surface area contributed by atoms with Gasteiger partial charge in [0.05, 0.1) is 0 Å². The Labute approximate surface area is 140 Å². The fraction of sp³-hybridized carbons (Fsp3) is 0.294. The number of hydrogen-bond donors (Lipinski definition) is 3. The third-order valence-electron chi connectivity index (χ3n) is 3.90. The van der Waals surface area contributed by atoms with Crippen molar-refractivity contribution in [1.29, 1.82) is 0 Å². The van der Waals surface area contributed by atoms with E-state index < -0.39 is 5.97 Å². The Balaban J connectivity index is 1.74. The van der Waals surface area contributed by atoms with E-state index in [-0.39, 0.29) is 11.9 Å². The molecule has 120 valence electrons. The first-order valence-electron chi connectivity index (χ1n) is 7.64. The summed E-state index contributed by atoms with van der Waals surface area (Å²) < 4.78 is 0. The highest BCUT2D eigenvalue weighted by Crippen LogP contribution is 2.21. The van der Waals surface area contributed by atoms with Gasteiger partial charge in [0.2, 0.25) is 0 Å². The Bertz CT molecular complexity index is 747. The molecule has 0 aliphatic carbocycles. The van der Waals surface area contributed by atoms with Gasteiger partial charge in [0, 0.05) is 18.5 Å². The van der Waals surface area contributed by atoms with Gasteiger partial charge in [-0.15, -0.1) is 12.6 Å². The van der Waals surface area contributed by atoms with Crippen LogP contribution in [0.25, 0.3) is 10.8 Å². The van der Waals surface area contributed by atoms with Gasteiger partial charge in [0.1, 0.15) is 0 Å². The zero-order valence-electron chi connectivity index (χ0n) is 12.6. The van der Waals surface area contributed by atoms with E-state index in [1.165, 1.54) is 10.8 Å². The second-order valence-electron chi connectivity index (χ2n) is 5.54. The number of hydrazone groups is 1. The first kappa shape index (κ1) is 15.7. The molecule has 1 unspecified atom stereocenters. The van der Waals surface area contributed by atoms with Gasteiger partial charge in [-0.1, -0.05) is 36.4 Å². The average Bonchev–Trinajstić information content (AvgIpc) is 2.92. The highest BCUT2D eigenvalue weighted by Gasteiger charge is 2.25. The molecule has 0 spiro atoms. The van der Waals surface area contributed by atoms with Gasteiger partial charge in [0.15, 0.2) is 11.3 Å². The SMILES string of the molecule is O=C(O)CCCCN1C(c2ccc3ccccc3c2)=NNC1S. The Morgan fingerprint density at radius 1 is 1.22 bits per heavy atom. The van der Waals surface area contributed by atoms with Gasteiger partial charge >= 0.3 is 5.97 Å². The number of carboxylic acids is 1. The fourth-order valence-electron chi connectivity index (χ4n) is 2.71. The van der Waals surface area contributed by atoms with Gasteiger partial charge in [-0.3, -0.25) is 10.2 Å². The third-order valence-corrected chi connectivity index (χ3v) is 4.29. The smallest absolute Gasteiger partial charge is 0.303 e. The van der Waals surface area contributed by atoms with Crippen LogP contribution >= 0.6 is 12.6 Å². The summed E-state index contributed by atoms with van der Waals surface area (Å²) in [5.74, 6) is 0.0986. The first-order valence-corrected chi connectivity index (χ1v) is 8.16. The molecule has 0 saturated heterocycles. The van der Waals surface area contributed by atoms with Crippen molar-refractivity contribution in [3.63, 3.8) is 0 Å². The number of carbonyl (C=O) groups is 1. The summed E-state index contributed by atoms with van der Waals surface area (Å²) in [5.41, 5.74) is 3.83. The molecule has 23 heavy (non-hydrogen) atoms. The minimum absolute atomic E-state index is 0.179. The van der Waals surface area contributed by atoms with E-state index in [1.807, 2.05) is 12.1 Å². The number of nitrogens with zero attached hydrogens (tertiary/aromatic N) is 2. The molecular weight excluding hydrogens is 310 g/mol. The van der Waals surface area contributed by atoms with Crippen LogP contribution in [0.2, 0.25) is 0 Å². The third kappa shape index (κ3) is 3.59. The van der Waals surface area contributed by atoms with Crippen LogP contribution in [0, 0.1) is 0 Å². The molecule has 2 aromatic carbocycles. The van der Waals surface area contributed by atoms with Crippen molar-refractivity contribution in [3.05, 3.63) is 48.0 Å². The Morgan fingerprint density at radius 3 is 2.78 bits per heavy atom. The summed E-state index contributed by atoms with van der Waals surface area (Å²) in [5, 5.41) is 15.5. The normalized spacial score (nSPS) is 17.2. The number of rotatable bonds is 6. The van der Waals surface area contributed by atoms with Gasteiger partial charge < -0.3 is 10.0 Å². The maximum absolute atomic E-state index is 10.6. The quantitative estimate of drug-likeness (QED) is 0.563. The average molecular weight is 329 g/mol. The molecule has 0 fully saturated rings. The second-order valence-corrected chi connectivity index (χ2v) is 6.03. The number of nitrogens with one attached hydrogen (secondary N) is 1. The highest BCUT2D eigenvalue weighted by molar-refractivity contribution is 7.80. The van der Waals surface area contributed by atoms with Crippen LogP contribution in [0.4, 0.5) is 0 Å². The molecule has 3 rings (SSSR count). The second kappa shape index (κ2) is 6.91. The van der Waals surface area contributed by atoms with Crippen molar-refractivity contribution in [2.45, 2.75) is 24.8 Å². The highest BCUT2D eigenvalue weighted by atomic mass is 32.1. The standard InChI is InChI=1S/C17H19N3O2S/c21-15(22)7-3-4-10-20-16(18-19-17(20)23)14-9-8-12-5-1-2-6-13(12)11-14/h1-2,5-6,8-9,11,17,19,23H,3-4,7,10H2,(H,21,22). The molecule has 2 aromatic rings. The van der Waals surface area contributed by atoms with E-state index in [1.54, 1.807) is 0 Å². The van der Waals surface area contributed by atoms with E-state index in [0.717, 1.165) is 24.4 Å². The van der Waals surface area contributed by atoms with Crippen LogP contribution in [0.5, 0.6) is 0 Å². The molecule has 2 N–H and O–H groups in total. The van der Waals surface area contributed by atoms with E-state index >= 15 is 0 Å². The molecule has 0 aromatic heterocycles. The number of thiol groups is 1. The molecule has 0 saturated carbocycles. The number of carboxylic acid groups (broad SMARTS) is 1. The predicted octanol–water partition coefficient (Wildman–Crippen LogP) is 2.87. The van der Waals surface area contributed by atoms with Gasteiger partial charge in [-0.25, -0.2) is 0 Å². The molecule has 6 heteroatoms. The minimum Gasteiger partial charge on any atom is -0.481 e. The number of benzene rings is 2. The molecule has 0 bridgehead atoms. The zero-order valence-corrected chi connectivity index (χ0v) is 13.5. The van der Waals surface area contributed by atoms with Crippen molar-refractivity contribution < 1.29 is 9.90 Å². The van der Waals surface area contributed by atoms with Crippen LogP contribution in [0.3, 0.4) is 0 Å². The van der Waals surface area contributed by atoms with Crippen LogP contribution in [-0.2, 0) is 4.79 Å². The summed E-state index contributed by atoms with van der Waals surface area (Å²) in [4.78, 5) is 12.7. The molecule has 0 radical (unpaired) electrons. The molecule has 1 aliphatic rings. The number of aliphatic carboxylic acids is 1.